The number of amides is 1. The van der Waals surface area contributed by atoms with Crippen LogP contribution in [0.2, 0.25) is 0 Å². The summed E-state index contributed by atoms with van der Waals surface area (Å²) in [7, 11) is 0. The third kappa shape index (κ3) is 5.74. The summed E-state index contributed by atoms with van der Waals surface area (Å²) in [5.41, 5.74) is 0.728. The lowest BCUT2D eigenvalue weighted by molar-refractivity contribution is -0.140. The highest BCUT2D eigenvalue weighted by Gasteiger charge is 2.46. The second kappa shape index (κ2) is 11.9. The van der Waals surface area contributed by atoms with E-state index in [9.17, 15) is 19.8 Å². The fraction of sp³-hybridized carbons (Fsp3) is 0.407. The largest absolute Gasteiger partial charge is 0.507 e. The summed E-state index contributed by atoms with van der Waals surface area (Å²) in [6.07, 6.45) is 1.55. The van der Waals surface area contributed by atoms with Crippen LogP contribution in [0.3, 0.4) is 0 Å². The van der Waals surface area contributed by atoms with Crippen LogP contribution in [0.4, 0.5) is 0 Å². The SMILES string of the molecule is CCCOc1ccc([C@@H]2C(=C(O)c3cc(Br)ccc3O)C(=O)C(=O)N2CCCN2CCOCC2)cc1. The maximum atomic E-state index is 13.2. The molecule has 1 amide bonds. The summed E-state index contributed by atoms with van der Waals surface area (Å²) >= 11 is 3.34. The number of hydrogen-bond acceptors (Lipinski definition) is 7. The molecule has 2 aliphatic rings. The molecule has 0 radical (unpaired) electrons. The number of rotatable bonds is 9. The van der Waals surface area contributed by atoms with E-state index in [4.69, 9.17) is 9.47 Å². The first-order chi connectivity index (χ1) is 17.4. The zero-order valence-electron chi connectivity index (χ0n) is 20.3. The molecular formula is C27H31BrN2O6. The van der Waals surface area contributed by atoms with E-state index < -0.39 is 23.5 Å². The molecule has 9 heteroatoms. The number of hydrogen-bond donors (Lipinski definition) is 2. The van der Waals surface area contributed by atoms with Crippen molar-refractivity contribution in [2.24, 2.45) is 0 Å². The number of halogens is 1. The van der Waals surface area contributed by atoms with Crippen molar-refractivity contribution in [3.63, 3.8) is 0 Å². The molecule has 2 aromatic carbocycles. The Hall–Kier alpha value is -2.88. The lowest BCUT2D eigenvalue weighted by Crippen LogP contribution is -2.38. The molecule has 36 heavy (non-hydrogen) atoms. The van der Waals surface area contributed by atoms with E-state index in [-0.39, 0.29) is 16.9 Å². The van der Waals surface area contributed by atoms with E-state index in [1.54, 1.807) is 18.2 Å². The van der Waals surface area contributed by atoms with Crippen molar-refractivity contribution in [3.05, 3.63) is 63.6 Å². The second-order valence-electron chi connectivity index (χ2n) is 8.88. The van der Waals surface area contributed by atoms with Crippen molar-refractivity contribution in [1.82, 2.24) is 9.80 Å². The van der Waals surface area contributed by atoms with Gasteiger partial charge in [0, 0.05) is 30.7 Å². The maximum Gasteiger partial charge on any atom is 0.295 e. The van der Waals surface area contributed by atoms with Gasteiger partial charge in [-0.25, -0.2) is 0 Å². The van der Waals surface area contributed by atoms with Crippen LogP contribution in [0, 0.1) is 0 Å². The fourth-order valence-corrected chi connectivity index (χ4v) is 4.92. The number of aliphatic hydroxyl groups excluding tert-OH is 1. The van der Waals surface area contributed by atoms with Crippen molar-refractivity contribution < 1.29 is 29.3 Å². The number of likely N-dealkylation sites (tertiary alicyclic amines) is 1. The molecule has 0 aromatic heterocycles. The quantitative estimate of drug-likeness (QED) is 0.271. The summed E-state index contributed by atoms with van der Waals surface area (Å²) in [5.74, 6) is -1.33. The Morgan fingerprint density at radius 3 is 2.53 bits per heavy atom. The molecule has 2 N–H and O–H groups in total. The zero-order chi connectivity index (χ0) is 25.7. The molecule has 2 fully saturated rings. The average molecular weight is 559 g/mol. The van der Waals surface area contributed by atoms with E-state index in [2.05, 4.69) is 20.8 Å². The number of ketones is 1. The standard InChI is InChI=1S/C27H31BrN2O6/c1-2-14-36-20-7-4-18(5-8-20)24-23(25(32)21-17-19(28)6-9-22(21)31)26(33)27(34)30(24)11-3-10-29-12-15-35-16-13-29/h4-9,17,24,31-32H,2-3,10-16H2,1H3/t24-/m1/s1. The zero-order valence-corrected chi connectivity index (χ0v) is 21.9. The monoisotopic (exact) mass is 558 g/mol. The Balaban J connectivity index is 1.68. The molecule has 0 spiro atoms. The van der Waals surface area contributed by atoms with Gasteiger partial charge >= 0.3 is 0 Å². The minimum Gasteiger partial charge on any atom is -0.507 e. The third-order valence-electron chi connectivity index (χ3n) is 6.40. The first kappa shape index (κ1) is 26.2. The van der Waals surface area contributed by atoms with Crippen molar-refractivity contribution in [1.29, 1.82) is 0 Å². The van der Waals surface area contributed by atoms with Crippen LogP contribution in [0.25, 0.3) is 5.76 Å². The second-order valence-corrected chi connectivity index (χ2v) is 9.79. The first-order valence-corrected chi connectivity index (χ1v) is 13.0. The lowest BCUT2D eigenvalue weighted by atomic mass is 9.95. The molecule has 2 heterocycles. The Kier molecular flexibility index (Phi) is 8.66. The summed E-state index contributed by atoms with van der Waals surface area (Å²) < 4.78 is 11.7. The van der Waals surface area contributed by atoms with Crippen LogP contribution in [-0.4, -0.2) is 77.7 Å². The topological polar surface area (TPSA) is 99.5 Å². The normalized spacial score (nSPS) is 20.2. The molecule has 0 unspecified atom stereocenters. The van der Waals surface area contributed by atoms with Crippen molar-refractivity contribution in [2.45, 2.75) is 25.8 Å². The van der Waals surface area contributed by atoms with Crippen LogP contribution in [0.1, 0.15) is 36.9 Å². The van der Waals surface area contributed by atoms with E-state index >= 15 is 0 Å². The third-order valence-corrected chi connectivity index (χ3v) is 6.89. The molecule has 0 aliphatic carbocycles. The van der Waals surface area contributed by atoms with Crippen LogP contribution in [0.15, 0.2) is 52.5 Å². The van der Waals surface area contributed by atoms with Crippen molar-refractivity contribution >= 4 is 33.4 Å². The van der Waals surface area contributed by atoms with Crippen LogP contribution < -0.4 is 4.74 Å². The van der Waals surface area contributed by atoms with E-state index in [0.29, 0.717) is 48.6 Å². The molecule has 1 atom stereocenters. The number of phenolic OH excluding ortho intramolecular Hbond substituents is 1. The van der Waals surface area contributed by atoms with Gasteiger partial charge in [-0.15, -0.1) is 0 Å². The minimum atomic E-state index is -0.784. The van der Waals surface area contributed by atoms with Gasteiger partial charge < -0.3 is 24.6 Å². The van der Waals surface area contributed by atoms with Crippen molar-refractivity contribution in [2.75, 3.05) is 46.0 Å². The number of aromatic hydroxyl groups is 1. The number of Topliss-reactive ketones (excluding diaryl/α,β-unsaturated/α-hetero) is 1. The van der Waals surface area contributed by atoms with Gasteiger partial charge in [0.1, 0.15) is 17.3 Å². The molecule has 8 nitrogen and oxygen atoms in total. The highest BCUT2D eigenvalue weighted by Crippen LogP contribution is 2.41. The smallest absolute Gasteiger partial charge is 0.295 e. The minimum absolute atomic E-state index is 0.0398. The van der Waals surface area contributed by atoms with Crippen molar-refractivity contribution in [3.8, 4) is 11.5 Å². The van der Waals surface area contributed by atoms with Gasteiger partial charge in [0.25, 0.3) is 11.7 Å². The predicted molar refractivity (Wildman–Crippen MR) is 139 cm³/mol. The molecule has 2 aromatic rings. The van der Waals surface area contributed by atoms with Gasteiger partial charge in [-0.05, 0) is 48.7 Å². The van der Waals surface area contributed by atoms with Gasteiger partial charge in [0.05, 0.1) is 37.0 Å². The lowest BCUT2D eigenvalue weighted by Gasteiger charge is -2.29. The number of nitrogens with zero attached hydrogens (tertiary/aromatic N) is 2. The molecule has 192 valence electrons. The average Bonchev–Trinajstić information content (AvgIpc) is 3.14. The van der Waals surface area contributed by atoms with Crippen LogP contribution in [-0.2, 0) is 14.3 Å². The number of phenols is 1. The molecular weight excluding hydrogens is 528 g/mol. The number of carbonyl (C=O) groups is 2. The van der Waals surface area contributed by atoms with Gasteiger partial charge in [0.2, 0.25) is 0 Å². The van der Waals surface area contributed by atoms with Gasteiger partial charge in [-0.3, -0.25) is 14.5 Å². The number of ether oxygens (including phenoxy) is 2. The van der Waals surface area contributed by atoms with E-state index in [0.717, 1.165) is 26.1 Å². The van der Waals surface area contributed by atoms with Crippen LogP contribution in [0.5, 0.6) is 11.5 Å². The molecule has 4 rings (SSSR count). The van der Waals surface area contributed by atoms with Gasteiger partial charge in [-0.2, -0.15) is 0 Å². The Bertz CT molecular complexity index is 1130. The number of morpholine rings is 1. The molecule has 2 aliphatic heterocycles. The number of carbonyl (C=O) groups excluding carboxylic acids is 2. The Morgan fingerprint density at radius 2 is 1.83 bits per heavy atom. The Morgan fingerprint density at radius 1 is 1.11 bits per heavy atom. The van der Waals surface area contributed by atoms with E-state index in [1.165, 1.54) is 17.0 Å². The summed E-state index contributed by atoms with van der Waals surface area (Å²) in [6, 6.07) is 11.0. The van der Waals surface area contributed by atoms with Crippen LogP contribution >= 0.6 is 15.9 Å². The maximum absolute atomic E-state index is 13.2. The van der Waals surface area contributed by atoms with Gasteiger partial charge in [0.15, 0.2) is 0 Å². The number of aliphatic hydroxyl groups is 1. The molecule has 0 bridgehead atoms. The molecule has 2 saturated heterocycles. The van der Waals surface area contributed by atoms with E-state index in [1.807, 2.05) is 19.1 Å². The fourth-order valence-electron chi connectivity index (χ4n) is 4.56. The first-order valence-electron chi connectivity index (χ1n) is 12.2. The van der Waals surface area contributed by atoms with Gasteiger partial charge in [-0.1, -0.05) is 35.0 Å². The highest BCUT2D eigenvalue weighted by atomic mass is 79.9. The predicted octanol–water partition coefficient (Wildman–Crippen LogP) is 4.09. The summed E-state index contributed by atoms with van der Waals surface area (Å²) in [5, 5.41) is 21.6. The number of benzene rings is 2. The molecule has 0 saturated carbocycles. The highest BCUT2D eigenvalue weighted by molar-refractivity contribution is 9.10. The summed E-state index contributed by atoms with van der Waals surface area (Å²) in [6.45, 7) is 6.78. The summed E-state index contributed by atoms with van der Waals surface area (Å²) in [4.78, 5) is 30.2. The Labute approximate surface area is 219 Å².